The molecule has 9 nitrogen and oxygen atoms in total. The molecule has 2 fully saturated rings. The molecular weight excluding hydrogens is 559 g/mol. The van der Waals surface area contributed by atoms with Crippen LogP contribution in [0.1, 0.15) is 37.1 Å². The number of carbonyl (C=O) groups excluding carboxylic acids is 1. The second-order valence-corrected chi connectivity index (χ2v) is 11.0. The maximum Gasteiger partial charge on any atom is 0.421 e. The molecule has 0 radical (unpaired) electrons. The van der Waals surface area contributed by atoms with E-state index in [0.717, 1.165) is 31.1 Å². The van der Waals surface area contributed by atoms with Gasteiger partial charge in [-0.25, -0.2) is 15.0 Å². The van der Waals surface area contributed by atoms with E-state index >= 15 is 0 Å². The minimum atomic E-state index is -4.72. The molecule has 1 aromatic carbocycles. The number of alkyl halides is 3. The van der Waals surface area contributed by atoms with Gasteiger partial charge in [-0.05, 0) is 55.9 Å². The molecule has 43 heavy (non-hydrogen) atoms. The van der Waals surface area contributed by atoms with Gasteiger partial charge in [-0.1, -0.05) is 18.2 Å². The molecule has 0 aliphatic carbocycles. The molecule has 2 aliphatic rings. The predicted molar refractivity (Wildman–Crippen MR) is 153 cm³/mol. The highest BCUT2D eigenvalue weighted by atomic mass is 19.4. The highest BCUT2D eigenvalue weighted by Crippen LogP contribution is 2.39. The first-order valence-electron chi connectivity index (χ1n) is 14.3. The Morgan fingerprint density at radius 2 is 1.86 bits per heavy atom. The third kappa shape index (κ3) is 5.71. The lowest BCUT2D eigenvalue weighted by atomic mass is 9.97. The summed E-state index contributed by atoms with van der Waals surface area (Å²) in [5.41, 5.74) is 0.760. The van der Waals surface area contributed by atoms with Gasteiger partial charge in [0.25, 0.3) is 0 Å². The van der Waals surface area contributed by atoms with Gasteiger partial charge in [0.1, 0.15) is 23.3 Å². The number of aromatic nitrogens is 4. The molecule has 4 aromatic rings. The van der Waals surface area contributed by atoms with Crippen LogP contribution in [0.5, 0.6) is 5.88 Å². The van der Waals surface area contributed by atoms with Gasteiger partial charge in [0.05, 0.1) is 12.3 Å². The fraction of sp³-hybridized carbons (Fsp3) is 0.387. The zero-order valence-electron chi connectivity index (χ0n) is 23.6. The van der Waals surface area contributed by atoms with Crippen molar-refractivity contribution in [3.63, 3.8) is 0 Å². The van der Waals surface area contributed by atoms with E-state index in [1.165, 1.54) is 6.20 Å². The Hall–Kier alpha value is -4.66. The lowest BCUT2D eigenvalue weighted by Gasteiger charge is -2.36. The van der Waals surface area contributed by atoms with Gasteiger partial charge in [0, 0.05) is 55.7 Å². The second-order valence-electron chi connectivity index (χ2n) is 11.0. The van der Waals surface area contributed by atoms with Crippen LogP contribution in [0.2, 0.25) is 0 Å². The monoisotopic (exact) mass is 589 g/mol. The second kappa shape index (κ2) is 11.6. The van der Waals surface area contributed by atoms with Crippen LogP contribution in [-0.2, 0) is 18.0 Å². The number of para-hydroxylation sites is 1. The van der Waals surface area contributed by atoms with E-state index in [1.54, 1.807) is 23.9 Å². The molecule has 0 unspecified atom stereocenters. The molecule has 222 valence electrons. The van der Waals surface area contributed by atoms with Crippen LogP contribution in [0.25, 0.3) is 22.3 Å². The number of amides is 1. The minimum absolute atomic E-state index is 0.00981. The van der Waals surface area contributed by atoms with Gasteiger partial charge in [0.15, 0.2) is 0 Å². The number of hydrogen-bond acceptors (Lipinski definition) is 7. The smallest absolute Gasteiger partial charge is 0.421 e. The van der Waals surface area contributed by atoms with Crippen LogP contribution < -0.4 is 9.64 Å². The number of ether oxygens (including phenoxy) is 1. The number of carbonyl (C=O) groups is 1. The number of halogens is 3. The molecule has 1 amide bonds. The molecular formula is C31H30F3N7O2. The topological polar surface area (TPSA) is 100 Å². The minimum Gasteiger partial charge on any atom is -0.477 e. The first kappa shape index (κ1) is 28.5. The highest BCUT2D eigenvalue weighted by molar-refractivity contribution is 5.91. The van der Waals surface area contributed by atoms with Gasteiger partial charge in [-0.2, -0.15) is 18.4 Å². The number of hydrogen-bond donors (Lipinski definition) is 0. The molecule has 0 spiro atoms. The van der Waals surface area contributed by atoms with Crippen LogP contribution in [0.4, 0.5) is 18.9 Å². The summed E-state index contributed by atoms with van der Waals surface area (Å²) in [5.74, 6) is -0.555. The van der Waals surface area contributed by atoms with Crippen LogP contribution >= 0.6 is 0 Å². The lowest BCUT2D eigenvalue weighted by molar-refractivity contribution is -0.139. The zero-order valence-corrected chi connectivity index (χ0v) is 23.6. The summed E-state index contributed by atoms with van der Waals surface area (Å²) < 4.78 is 49.8. The molecule has 0 saturated carbocycles. The molecule has 12 heteroatoms. The summed E-state index contributed by atoms with van der Waals surface area (Å²) in [6.45, 7) is 1.97. The maximum absolute atomic E-state index is 14.2. The number of fused-ring (bicyclic) bond motifs is 1. The number of rotatable bonds is 6. The van der Waals surface area contributed by atoms with Crippen LogP contribution in [-0.4, -0.2) is 62.6 Å². The lowest BCUT2D eigenvalue weighted by Crippen LogP contribution is -2.49. The summed E-state index contributed by atoms with van der Waals surface area (Å²) in [6.07, 6.45) is 1.28. The summed E-state index contributed by atoms with van der Waals surface area (Å²) in [4.78, 5) is 29.8. The number of aryl methyl sites for hydroxylation is 1. The van der Waals surface area contributed by atoms with Crippen molar-refractivity contribution in [2.75, 3.05) is 31.1 Å². The third-order valence-corrected chi connectivity index (χ3v) is 8.26. The van der Waals surface area contributed by atoms with E-state index in [4.69, 9.17) is 4.74 Å². The van der Waals surface area contributed by atoms with Crippen molar-refractivity contribution >= 4 is 22.6 Å². The van der Waals surface area contributed by atoms with E-state index in [2.05, 4.69) is 19.9 Å². The first-order valence-corrected chi connectivity index (χ1v) is 14.3. The van der Waals surface area contributed by atoms with Crippen molar-refractivity contribution in [2.45, 2.75) is 37.9 Å². The Bertz CT molecular complexity index is 1670. The maximum atomic E-state index is 14.2. The van der Waals surface area contributed by atoms with Crippen molar-refractivity contribution in [1.29, 1.82) is 5.26 Å². The van der Waals surface area contributed by atoms with Gasteiger partial charge in [0.2, 0.25) is 17.6 Å². The van der Waals surface area contributed by atoms with Crippen molar-refractivity contribution in [3.05, 3.63) is 66.2 Å². The van der Waals surface area contributed by atoms with E-state index < -0.39 is 17.6 Å². The number of pyridine rings is 1. The molecule has 2 aliphatic heterocycles. The van der Waals surface area contributed by atoms with Gasteiger partial charge in [-0.15, -0.1) is 0 Å². The van der Waals surface area contributed by atoms with Crippen LogP contribution in [0.3, 0.4) is 0 Å². The van der Waals surface area contributed by atoms with Crippen molar-refractivity contribution in [2.24, 2.45) is 13.0 Å². The van der Waals surface area contributed by atoms with Gasteiger partial charge in [-0.3, -0.25) is 4.79 Å². The van der Waals surface area contributed by atoms with Gasteiger partial charge >= 0.3 is 6.18 Å². The van der Waals surface area contributed by atoms with Crippen molar-refractivity contribution < 1.29 is 22.7 Å². The summed E-state index contributed by atoms with van der Waals surface area (Å²) in [7, 11) is 1.73. The fourth-order valence-corrected chi connectivity index (χ4v) is 5.99. The molecule has 0 N–H and O–H groups in total. The Morgan fingerprint density at radius 3 is 2.58 bits per heavy atom. The largest absolute Gasteiger partial charge is 0.477 e. The summed E-state index contributed by atoms with van der Waals surface area (Å²) in [5, 5.41) is 9.87. The fourth-order valence-electron chi connectivity index (χ4n) is 5.99. The average molecular weight is 590 g/mol. The Labute approximate surface area is 246 Å². The third-order valence-electron chi connectivity index (χ3n) is 8.26. The quantitative estimate of drug-likeness (QED) is 0.305. The number of nitrogens with zero attached hydrogens (tertiary/aromatic N) is 7. The number of likely N-dealkylation sites (tertiary alicyclic amines) is 1. The number of piperidine rings is 1. The van der Waals surface area contributed by atoms with Crippen molar-refractivity contribution in [1.82, 2.24) is 24.4 Å². The molecule has 1 atom stereocenters. The van der Waals surface area contributed by atoms with E-state index in [0.29, 0.717) is 37.0 Å². The molecule has 3 aromatic heterocycles. The Kier molecular flexibility index (Phi) is 7.64. The molecule has 5 heterocycles. The first-order chi connectivity index (χ1) is 20.7. The Balaban J connectivity index is 1.13. The SMILES string of the molecule is Cn1ccc2c(-c3cnc(OCC4CCN(C(=O)[C@@H]5CCCN5c5ccccc5)CC4)c(C(F)(F)F)c3)nc(C#N)nc21. The summed E-state index contributed by atoms with van der Waals surface area (Å²) >= 11 is 0. The highest BCUT2D eigenvalue weighted by Gasteiger charge is 2.38. The average Bonchev–Trinajstić information content (AvgIpc) is 3.66. The Morgan fingerprint density at radius 1 is 1.09 bits per heavy atom. The number of nitriles is 1. The van der Waals surface area contributed by atoms with Crippen molar-refractivity contribution in [3.8, 4) is 23.2 Å². The van der Waals surface area contributed by atoms with Crippen LogP contribution in [0, 0.1) is 17.2 Å². The standard InChI is InChI=1S/C31H30F3N7O2/c1-39-13-11-23-27(37-26(17-35)38-28(23)39)21-16-24(31(32,33)34)29(36-18-21)43-19-20-9-14-40(15-10-20)30(42)25-8-5-12-41(25)22-6-3-2-4-7-22/h2-4,6-7,11,13,16,18,20,25H,5,8-10,12,14-15,19H2,1H3/t25-/m0/s1. The van der Waals surface area contributed by atoms with E-state index in [9.17, 15) is 23.2 Å². The van der Waals surface area contributed by atoms with E-state index in [1.807, 2.05) is 41.3 Å². The predicted octanol–water partition coefficient (Wildman–Crippen LogP) is 5.21. The molecule has 6 rings (SSSR count). The molecule has 2 saturated heterocycles. The number of anilines is 1. The van der Waals surface area contributed by atoms with Gasteiger partial charge < -0.3 is 19.1 Å². The zero-order chi connectivity index (χ0) is 30.1. The molecule has 0 bridgehead atoms. The normalized spacial score (nSPS) is 17.8. The van der Waals surface area contributed by atoms with Crippen LogP contribution in [0.15, 0.2) is 54.9 Å². The summed E-state index contributed by atoms with van der Waals surface area (Å²) in [6, 6.07) is 14.2. The number of benzene rings is 1. The van der Waals surface area contributed by atoms with E-state index in [-0.39, 0.29) is 41.6 Å².